The van der Waals surface area contributed by atoms with E-state index in [9.17, 15) is 13.2 Å². The first-order chi connectivity index (χ1) is 10.0. The topological polar surface area (TPSA) is 67.8 Å². The van der Waals surface area contributed by atoms with E-state index in [1.807, 2.05) is 0 Å². The molecule has 0 saturated carbocycles. The van der Waals surface area contributed by atoms with E-state index >= 15 is 0 Å². The first-order valence-electron chi connectivity index (χ1n) is 5.85. The highest BCUT2D eigenvalue weighted by Crippen LogP contribution is 2.22. The Kier molecular flexibility index (Phi) is 4.32. The third kappa shape index (κ3) is 3.44. The zero-order chi connectivity index (χ0) is 15.4. The number of amidine groups is 1. The highest BCUT2D eigenvalue weighted by molar-refractivity contribution is 5.97. The summed E-state index contributed by atoms with van der Waals surface area (Å²) >= 11 is 0. The molecule has 21 heavy (non-hydrogen) atoms. The minimum atomic E-state index is -0.858. The van der Waals surface area contributed by atoms with Gasteiger partial charge in [0.2, 0.25) is 0 Å². The number of nitrogens with zero attached hydrogens (tertiary/aromatic N) is 1. The van der Waals surface area contributed by atoms with Gasteiger partial charge in [0, 0.05) is 5.56 Å². The smallest absolute Gasteiger partial charge is 0.191 e. The second-order valence-corrected chi connectivity index (χ2v) is 4.17. The Balaban J connectivity index is 2.22. The largest absolute Gasteiger partial charge is 0.483 e. The number of rotatable bonds is 4. The van der Waals surface area contributed by atoms with E-state index in [2.05, 4.69) is 5.16 Å². The lowest BCUT2D eigenvalue weighted by Gasteiger charge is -2.09. The van der Waals surface area contributed by atoms with Crippen molar-refractivity contribution in [2.75, 3.05) is 0 Å². The molecule has 0 aromatic heterocycles. The number of benzene rings is 2. The van der Waals surface area contributed by atoms with Crippen LogP contribution in [0.4, 0.5) is 13.2 Å². The summed E-state index contributed by atoms with van der Waals surface area (Å²) in [5.74, 6) is -3.20. The summed E-state index contributed by atoms with van der Waals surface area (Å²) in [5, 5.41) is 11.3. The average molecular weight is 296 g/mol. The Morgan fingerprint density at radius 2 is 1.81 bits per heavy atom. The zero-order valence-corrected chi connectivity index (χ0v) is 10.7. The number of hydrogen-bond acceptors (Lipinski definition) is 3. The molecule has 4 nitrogen and oxygen atoms in total. The highest BCUT2D eigenvalue weighted by atomic mass is 19.1. The van der Waals surface area contributed by atoms with Gasteiger partial charge in [0.25, 0.3) is 0 Å². The maximum Gasteiger partial charge on any atom is 0.191 e. The molecule has 0 bridgehead atoms. The molecule has 2 aromatic rings. The summed E-state index contributed by atoms with van der Waals surface area (Å²) in [6.07, 6.45) is 0. The average Bonchev–Trinajstić information content (AvgIpc) is 2.45. The zero-order valence-electron chi connectivity index (χ0n) is 10.7. The van der Waals surface area contributed by atoms with Crippen LogP contribution < -0.4 is 10.5 Å². The molecular weight excluding hydrogens is 285 g/mol. The minimum Gasteiger partial charge on any atom is -0.483 e. The van der Waals surface area contributed by atoms with E-state index in [0.717, 1.165) is 24.3 Å². The van der Waals surface area contributed by atoms with Crippen LogP contribution in [-0.4, -0.2) is 11.0 Å². The first kappa shape index (κ1) is 14.7. The van der Waals surface area contributed by atoms with Gasteiger partial charge in [-0.25, -0.2) is 13.2 Å². The van der Waals surface area contributed by atoms with Crippen LogP contribution in [0.5, 0.6) is 5.75 Å². The molecule has 0 unspecified atom stereocenters. The molecule has 2 aromatic carbocycles. The van der Waals surface area contributed by atoms with Crippen LogP contribution in [0, 0.1) is 17.5 Å². The summed E-state index contributed by atoms with van der Waals surface area (Å²) in [7, 11) is 0. The van der Waals surface area contributed by atoms with Crippen molar-refractivity contribution in [1.82, 2.24) is 0 Å². The lowest BCUT2D eigenvalue weighted by Crippen LogP contribution is -2.14. The summed E-state index contributed by atoms with van der Waals surface area (Å²) in [6, 6.07) is 6.86. The molecule has 7 heteroatoms. The molecule has 0 saturated heterocycles. The van der Waals surface area contributed by atoms with E-state index in [-0.39, 0.29) is 23.6 Å². The van der Waals surface area contributed by atoms with Crippen molar-refractivity contribution in [3.8, 4) is 5.75 Å². The van der Waals surface area contributed by atoms with Gasteiger partial charge in [0.05, 0.1) is 0 Å². The lowest BCUT2D eigenvalue weighted by molar-refractivity contribution is 0.273. The van der Waals surface area contributed by atoms with Gasteiger partial charge in [-0.3, -0.25) is 0 Å². The molecule has 0 heterocycles. The fourth-order valence-electron chi connectivity index (χ4n) is 1.72. The summed E-state index contributed by atoms with van der Waals surface area (Å²) < 4.78 is 45.2. The molecule has 0 spiro atoms. The van der Waals surface area contributed by atoms with E-state index in [4.69, 9.17) is 15.7 Å². The Bertz CT molecular complexity index is 670. The van der Waals surface area contributed by atoms with Gasteiger partial charge in [-0.1, -0.05) is 11.2 Å². The normalized spacial score (nSPS) is 11.5. The molecule has 0 amide bonds. The number of halogens is 3. The Hall–Kier alpha value is -2.70. The predicted octanol–water partition coefficient (Wildman–Crippen LogP) is 2.78. The Labute approximate surface area is 118 Å². The third-order valence-corrected chi connectivity index (χ3v) is 2.66. The maximum absolute atomic E-state index is 13.4. The fraction of sp³-hybridized carbons (Fsp3) is 0.0714. The molecule has 0 radical (unpaired) electrons. The number of oxime groups is 1. The standard InChI is InChI=1S/C14H11F3N2O2/c15-10-5-8(4-9(6-10)14(18)19-20)7-21-13-11(16)2-1-3-12(13)17/h1-6,20H,7H2,(H2,18,19). The first-order valence-corrected chi connectivity index (χ1v) is 5.85. The molecule has 0 aliphatic rings. The molecule has 3 N–H and O–H groups in total. The van der Waals surface area contributed by atoms with Crippen molar-refractivity contribution in [2.24, 2.45) is 10.9 Å². The molecular formula is C14H11F3N2O2. The van der Waals surface area contributed by atoms with Gasteiger partial charge < -0.3 is 15.7 Å². The van der Waals surface area contributed by atoms with Gasteiger partial charge in [-0.2, -0.15) is 0 Å². The SMILES string of the molecule is N/C(=N/O)c1cc(F)cc(COc2c(F)cccc2F)c1. The fourth-order valence-corrected chi connectivity index (χ4v) is 1.72. The van der Waals surface area contributed by atoms with Gasteiger partial charge in [0.15, 0.2) is 23.2 Å². The van der Waals surface area contributed by atoms with Gasteiger partial charge >= 0.3 is 0 Å². The van der Waals surface area contributed by atoms with Gasteiger partial charge in [0.1, 0.15) is 12.4 Å². The monoisotopic (exact) mass is 296 g/mol. The van der Waals surface area contributed by atoms with Crippen molar-refractivity contribution in [3.05, 3.63) is 65.0 Å². The van der Waals surface area contributed by atoms with Crippen molar-refractivity contribution in [2.45, 2.75) is 6.61 Å². The number of nitrogens with two attached hydrogens (primary N) is 1. The molecule has 0 fully saturated rings. The van der Waals surface area contributed by atoms with Crippen LogP contribution in [0.1, 0.15) is 11.1 Å². The van der Waals surface area contributed by atoms with Crippen LogP contribution in [0.25, 0.3) is 0 Å². The van der Waals surface area contributed by atoms with Crippen LogP contribution in [0.3, 0.4) is 0 Å². The Morgan fingerprint density at radius 1 is 1.14 bits per heavy atom. The van der Waals surface area contributed by atoms with Crippen molar-refractivity contribution in [3.63, 3.8) is 0 Å². The van der Waals surface area contributed by atoms with Crippen LogP contribution >= 0.6 is 0 Å². The van der Waals surface area contributed by atoms with E-state index in [0.29, 0.717) is 0 Å². The summed E-state index contributed by atoms with van der Waals surface area (Å²) in [6.45, 7) is -0.276. The maximum atomic E-state index is 13.4. The van der Waals surface area contributed by atoms with E-state index < -0.39 is 23.2 Å². The van der Waals surface area contributed by atoms with Crippen molar-refractivity contribution < 1.29 is 23.1 Å². The Morgan fingerprint density at radius 3 is 2.43 bits per heavy atom. The van der Waals surface area contributed by atoms with E-state index in [1.165, 1.54) is 12.1 Å². The van der Waals surface area contributed by atoms with Gasteiger partial charge in [-0.05, 0) is 35.9 Å². The quantitative estimate of drug-likeness (QED) is 0.394. The van der Waals surface area contributed by atoms with Crippen LogP contribution in [0.2, 0.25) is 0 Å². The number of hydrogen-bond donors (Lipinski definition) is 2. The molecule has 0 atom stereocenters. The second kappa shape index (κ2) is 6.17. The third-order valence-electron chi connectivity index (χ3n) is 2.66. The molecule has 0 aliphatic carbocycles. The second-order valence-electron chi connectivity index (χ2n) is 4.17. The highest BCUT2D eigenvalue weighted by Gasteiger charge is 2.11. The van der Waals surface area contributed by atoms with Crippen LogP contribution in [-0.2, 0) is 6.61 Å². The lowest BCUT2D eigenvalue weighted by atomic mass is 10.1. The molecule has 0 aliphatic heterocycles. The minimum absolute atomic E-state index is 0.130. The molecule has 110 valence electrons. The summed E-state index contributed by atoms with van der Waals surface area (Å²) in [4.78, 5) is 0. The van der Waals surface area contributed by atoms with Gasteiger partial charge in [-0.15, -0.1) is 0 Å². The van der Waals surface area contributed by atoms with Crippen LogP contribution in [0.15, 0.2) is 41.6 Å². The van der Waals surface area contributed by atoms with Crippen molar-refractivity contribution >= 4 is 5.84 Å². The van der Waals surface area contributed by atoms with Crippen molar-refractivity contribution in [1.29, 1.82) is 0 Å². The molecule has 2 rings (SSSR count). The summed E-state index contributed by atoms with van der Waals surface area (Å²) in [5.41, 5.74) is 5.77. The number of para-hydroxylation sites is 1. The predicted molar refractivity (Wildman–Crippen MR) is 69.6 cm³/mol. The number of ether oxygens (including phenoxy) is 1. The van der Waals surface area contributed by atoms with E-state index in [1.54, 1.807) is 0 Å².